The summed E-state index contributed by atoms with van der Waals surface area (Å²) in [5, 5.41) is 0. The number of carbonyl (C=O) groups is 2. The van der Waals surface area contributed by atoms with Crippen molar-refractivity contribution in [2.75, 3.05) is 6.61 Å². The van der Waals surface area contributed by atoms with Gasteiger partial charge in [-0.15, -0.1) is 0 Å². The average molecular weight is 334 g/mol. The molecule has 2 aliphatic carbocycles. The van der Waals surface area contributed by atoms with Crippen LogP contribution in [0.25, 0.3) is 0 Å². The summed E-state index contributed by atoms with van der Waals surface area (Å²) in [5.74, 6) is 0.706. The Kier molecular flexibility index (Phi) is 6.25. The maximum Gasteiger partial charge on any atom is 0.330 e. The Balaban J connectivity index is 2.00. The molecule has 0 aromatic carbocycles. The highest BCUT2D eigenvalue weighted by molar-refractivity contribution is 5.81. The molecule has 0 aromatic rings. The summed E-state index contributed by atoms with van der Waals surface area (Å²) in [6.45, 7) is 8.25. The molecule has 2 rings (SSSR count). The van der Waals surface area contributed by atoms with E-state index in [0.717, 1.165) is 25.7 Å². The predicted octanol–water partition coefficient (Wildman–Crippen LogP) is 4.06. The Morgan fingerprint density at radius 1 is 1.38 bits per heavy atom. The summed E-state index contributed by atoms with van der Waals surface area (Å²) < 4.78 is 10.5. The molecule has 0 aromatic heterocycles. The highest BCUT2D eigenvalue weighted by atomic mass is 16.5. The van der Waals surface area contributed by atoms with E-state index in [1.807, 2.05) is 6.08 Å². The predicted molar refractivity (Wildman–Crippen MR) is 93.2 cm³/mol. The lowest BCUT2D eigenvalue weighted by Crippen LogP contribution is -2.43. The summed E-state index contributed by atoms with van der Waals surface area (Å²) >= 11 is 0. The monoisotopic (exact) mass is 334 g/mol. The smallest absolute Gasteiger partial charge is 0.330 e. The molecule has 1 saturated carbocycles. The van der Waals surface area contributed by atoms with Crippen LogP contribution in [0.1, 0.15) is 53.4 Å². The first-order valence-corrected chi connectivity index (χ1v) is 9.07. The number of fused-ring (bicyclic) bond motifs is 1. The van der Waals surface area contributed by atoms with Crippen molar-refractivity contribution in [2.24, 2.45) is 23.2 Å². The summed E-state index contributed by atoms with van der Waals surface area (Å²) in [5.41, 5.74) is 0.134. The van der Waals surface area contributed by atoms with Gasteiger partial charge in [0.05, 0.1) is 6.61 Å². The van der Waals surface area contributed by atoms with Gasteiger partial charge in [-0.25, -0.2) is 4.79 Å². The van der Waals surface area contributed by atoms with Gasteiger partial charge < -0.3 is 9.47 Å². The van der Waals surface area contributed by atoms with Crippen LogP contribution in [0.3, 0.4) is 0 Å². The molecule has 0 amide bonds. The van der Waals surface area contributed by atoms with Gasteiger partial charge >= 0.3 is 11.9 Å². The number of esters is 2. The van der Waals surface area contributed by atoms with Crippen molar-refractivity contribution in [3.8, 4) is 0 Å². The Labute approximate surface area is 145 Å². The number of ether oxygens (including phenoxy) is 2. The van der Waals surface area contributed by atoms with E-state index in [4.69, 9.17) is 9.47 Å². The standard InChI is InChI=1S/C20H30O4/c1-5-23-19(22)10-6-8-14(2)16-11-12-17-18(24-15(3)21)9-7-13-20(16,17)4/h6,10-12,14,16-18H,5,7-9,13H2,1-4H3. The molecule has 0 aliphatic heterocycles. The lowest BCUT2D eigenvalue weighted by Gasteiger charge is -2.46. The van der Waals surface area contributed by atoms with Crippen LogP contribution in [0.2, 0.25) is 0 Å². The number of allylic oxidation sites excluding steroid dienone is 2. The highest BCUT2D eigenvalue weighted by Crippen LogP contribution is 2.55. The fraction of sp³-hybridized carbons (Fsp3) is 0.700. The molecule has 0 radical (unpaired) electrons. The van der Waals surface area contributed by atoms with Crippen LogP contribution in [-0.4, -0.2) is 24.6 Å². The van der Waals surface area contributed by atoms with E-state index in [1.165, 1.54) is 13.0 Å². The Morgan fingerprint density at radius 2 is 2.12 bits per heavy atom. The van der Waals surface area contributed by atoms with Gasteiger partial charge in [0.2, 0.25) is 0 Å². The van der Waals surface area contributed by atoms with Crippen LogP contribution in [0.5, 0.6) is 0 Å². The van der Waals surface area contributed by atoms with E-state index >= 15 is 0 Å². The minimum absolute atomic E-state index is 0.00442. The van der Waals surface area contributed by atoms with Crippen molar-refractivity contribution in [2.45, 2.75) is 59.5 Å². The van der Waals surface area contributed by atoms with Crippen LogP contribution in [0, 0.1) is 23.2 Å². The third-order valence-corrected chi connectivity index (χ3v) is 5.63. The van der Waals surface area contributed by atoms with Crippen LogP contribution >= 0.6 is 0 Å². The van der Waals surface area contributed by atoms with Gasteiger partial charge in [0.15, 0.2) is 0 Å². The molecule has 0 saturated heterocycles. The van der Waals surface area contributed by atoms with E-state index in [-0.39, 0.29) is 23.5 Å². The average Bonchev–Trinajstić information content (AvgIpc) is 2.85. The molecule has 0 spiro atoms. The third-order valence-electron chi connectivity index (χ3n) is 5.63. The third kappa shape index (κ3) is 4.08. The SMILES string of the molecule is CCOC(=O)C=CCC(C)C1C=CC2C(OC(C)=O)CCCC12C. The molecule has 4 heteroatoms. The molecular formula is C20H30O4. The number of rotatable bonds is 6. The van der Waals surface area contributed by atoms with Gasteiger partial charge in [0, 0.05) is 18.9 Å². The van der Waals surface area contributed by atoms with E-state index in [9.17, 15) is 9.59 Å². The van der Waals surface area contributed by atoms with Crippen molar-refractivity contribution in [1.29, 1.82) is 0 Å². The molecule has 2 aliphatic rings. The first kappa shape index (κ1) is 18.8. The van der Waals surface area contributed by atoms with Crippen molar-refractivity contribution < 1.29 is 19.1 Å². The molecular weight excluding hydrogens is 304 g/mol. The first-order chi connectivity index (χ1) is 11.4. The zero-order chi connectivity index (χ0) is 17.7. The Hall–Kier alpha value is -1.58. The van der Waals surface area contributed by atoms with Crippen molar-refractivity contribution >= 4 is 11.9 Å². The summed E-state index contributed by atoms with van der Waals surface area (Å²) in [6, 6.07) is 0. The van der Waals surface area contributed by atoms with Crippen LogP contribution in [0.15, 0.2) is 24.3 Å². The number of hydrogen-bond donors (Lipinski definition) is 0. The van der Waals surface area contributed by atoms with Crippen molar-refractivity contribution in [3.05, 3.63) is 24.3 Å². The zero-order valence-corrected chi connectivity index (χ0v) is 15.3. The molecule has 0 N–H and O–H groups in total. The Bertz CT molecular complexity index is 522. The molecule has 4 nitrogen and oxygen atoms in total. The first-order valence-electron chi connectivity index (χ1n) is 9.07. The topological polar surface area (TPSA) is 52.6 Å². The zero-order valence-electron chi connectivity index (χ0n) is 15.3. The van der Waals surface area contributed by atoms with E-state index in [0.29, 0.717) is 24.4 Å². The van der Waals surface area contributed by atoms with Crippen LogP contribution in [0.4, 0.5) is 0 Å². The second kappa shape index (κ2) is 8.00. The summed E-state index contributed by atoms with van der Waals surface area (Å²) in [4.78, 5) is 22.8. The minimum atomic E-state index is -0.275. The molecule has 134 valence electrons. The quantitative estimate of drug-likeness (QED) is 0.418. The van der Waals surface area contributed by atoms with Gasteiger partial charge in [0.25, 0.3) is 0 Å². The van der Waals surface area contributed by atoms with E-state index < -0.39 is 0 Å². The minimum Gasteiger partial charge on any atom is -0.463 e. The summed E-state index contributed by atoms with van der Waals surface area (Å²) in [6.07, 6.45) is 12.0. The fourth-order valence-electron chi connectivity index (χ4n) is 4.55. The lowest BCUT2D eigenvalue weighted by molar-refractivity contribution is -0.154. The Morgan fingerprint density at radius 3 is 2.79 bits per heavy atom. The largest absolute Gasteiger partial charge is 0.463 e. The molecule has 0 bridgehead atoms. The highest BCUT2D eigenvalue weighted by Gasteiger charge is 2.50. The van der Waals surface area contributed by atoms with Gasteiger partial charge in [-0.3, -0.25) is 4.79 Å². The number of hydrogen-bond acceptors (Lipinski definition) is 4. The van der Waals surface area contributed by atoms with Gasteiger partial charge in [-0.1, -0.05) is 32.1 Å². The fourth-order valence-corrected chi connectivity index (χ4v) is 4.55. The molecule has 5 unspecified atom stereocenters. The lowest BCUT2D eigenvalue weighted by atomic mass is 9.60. The van der Waals surface area contributed by atoms with Crippen LogP contribution in [-0.2, 0) is 19.1 Å². The van der Waals surface area contributed by atoms with Crippen LogP contribution < -0.4 is 0 Å². The maximum atomic E-state index is 11.4. The number of carbonyl (C=O) groups excluding carboxylic acids is 2. The molecule has 5 atom stereocenters. The van der Waals surface area contributed by atoms with Gasteiger partial charge in [-0.05, 0) is 49.9 Å². The van der Waals surface area contributed by atoms with Gasteiger partial charge in [-0.2, -0.15) is 0 Å². The maximum absolute atomic E-state index is 11.4. The van der Waals surface area contributed by atoms with Crippen molar-refractivity contribution in [1.82, 2.24) is 0 Å². The van der Waals surface area contributed by atoms with E-state index in [2.05, 4.69) is 26.0 Å². The normalized spacial score (nSPS) is 33.2. The molecule has 1 fully saturated rings. The van der Waals surface area contributed by atoms with E-state index in [1.54, 1.807) is 6.92 Å². The van der Waals surface area contributed by atoms with Gasteiger partial charge in [0.1, 0.15) is 6.10 Å². The second-order valence-electron chi connectivity index (χ2n) is 7.35. The molecule has 24 heavy (non-hydrogen) atoms. The second-order valence-corrected chi connectivity index (χ2v) is 7.35. The summed E-state index contributed by atoms with van der Waals surface area (Å²) in [7, 11) is 0. The molecule has 0 heterocycles. The van der Waals surface area contributed by atoms with Crippen molar-refractivity contribution in [3.63, 3.8) is 0 Å².